The molecule has 0 heterocycles. The van der Waals surface area contributed by atoms with E-state index in [4.69, 9.17) is 0 Å². The number of rotatable bonds is 0. The number of hydrogen-bond acceptors (Lipinski definition) is 0. The van der Waals surface area contributed by atoms with Crippen molar-refractivity contribution in [2.24, 2.45) is 0 Å². The molecule has 5 rings (SSSR count). The van der Waals surface area contributed by atoms with E-state index in [2.05, 4.69) is 197 Å². The van der Waals surface area contributed by atoms with E-state index in [1.807, 2.05) is 0 Å². The predicted octanol–water partition coefficient (Wildman–Crippen LogP) is 14.9. The van der Waals surface area contributed by atoms with Gasteiger partial charge >= 0.3 is 0 Å². The summed E-state index contributed by atoms with van der Waals surface area (Å²) in [5.74, 6) is 0. The van der Waals surface area contributed by atoms with Crippen LogP contribution in [0.5, 0.6) is 0 Å². The van der Waals surface area contributed by atoms with Gasteiger partial charge in [0.15, 0.2) is 0 Å². The fraction of sp³-hybridized carbons (Fsp3) is 0.560. The zero-order valence-corrected chi connectivity index (χ0v) is 35.8. The van der Waals surface area contributed by atoms with Gasteiger partial charge in [0, 0.05) is 0 Å². The summed E-state index contributed by atoms with van der Waals surface area (Å²) >= 11 is 0. The smallest absolute Gasteiger partial charge is 0.0123 e. The van der Waals surface area contributed by atoms with Gasteiger partial charge in [-0.15, -0.1) is 0 Å². The van der Waals surface area contributed by atoms with Gasteiger partial charge in [0.25, 0.3) is 0 Å². The Labute approximate surface area is 309 Å². The van der Waals surface area contributed by atoms with Crippen molar-refractivity contribution in [2.75, 3.05) is 0 Å². The van der Waals surface area contributed by atoms with Crippen LogP contribution in [0.15, 0.2) is 72.8 Å². The van der Waals surface area contributed by atoms with E-state index in [1.165, 1.54) is 58.7 Å². The van der Waals surface area contributed by atoms with Gasteiger partial charge in [-0.3, -0.25) is 0 Å². The van der Waals surface area contributed by atoms with Gasteiger partial charge in [0.05, 0.1) is 0 Å². The lowest BCUT2D eigenvalue weighted by atomic mass is 9.70. The van der Waals surface area contributed by atoms with Crippen LogP contribution in [0.4, 0.5) is 0 Å². The zero-order chi connectivity index (χ0) is 38.1. The van der Waals surface area contributed by atoms with Gasteiger partial charge in [-0.1, -0.05) is 197 Å². The lowest BCUT2D eigenvalue weighted by Crippen LogP contribution is -2.25. The molecule has 0 amide bonds. The van der Waals surface area contributed by atoms with Crippen LogP contribution in [0.2, 0.25) is 0 Å². The molecule has 0 radical (unpaired) electrons. The molecule has 0 nitrogen and oxygen atoms in total. The van der Waals surface area contributed by atoms with Crippen molar-refractivity contribution in [3.8, 4) is 0 Å². The molecular weight excluding hydrogens is 601 g/mol. The minimum atomic E-state index is 0.170. The third-order valence-corrected chi connectivity index (χ3v) is 10.1. The maximum atomic E-state index is 2.39. The molecule has 274 valence electrons. The van der Waals surface area contributed by atoms with Crippen LogP contribution in [0, 0.1) is 0 Å². The van der Waals surface area contributed by atoms with Gasteiger partial charge < -0.3 is 0 Å². The molecule has 0 saturated carbocycles. The Kier molecular flexibility index (Phi) is 12.5. The van der Waals surface area contributed by atoms with Crippen molar-refractivity contribution in [3.63, 3.8) is 0 Å². The number of benzene rings is 4. The summed E-state index contributed by atoms with van der Waals surface area (Å²) in [6.45, 7) is 41.6. The third-order valence-electron chi connectivity index (χ3n) is 10.1. The van der Waals surface area contributed by atoms with Gasteiger partial charge in [-0.25, -0.2) is 0 Å². The Morgan fingerprint density at radius 1 is 0.340 bits per heavy atom. The molecule has 0 aliphatic heterocycles. The van der Waals surface area contributed by atoms with Crippen molar-refractivity contribution < 1.29 is 0 Å². The maximum absolute atomic E-state index is 2.39. The summed E-state index contributed by atoms with van der Waals surface area (Å²) in [4.78, 5) is 0. The molecule has 0 fully saturated rings. The maximum Gasteiger partial charge on any atom is -0.0123 e. The summed E-state index contributed by atoms with van der Waals surface area (Å²) in [6, 6.07) is 26.8. The van der Waals surface area contributed by atoms with Crippen LogP contribution in [0.25, 0.3) is 10.8 Å². The first-order valence-electron chi connectivity index (χ1n) is 19.4. The van der Waals surface area contributed by atoms with Gasteiger partial charge in [-0.05, 0) is 113 Å². The summed E-state index contributed by atoms with van der Waals surface area (Å²) in [6.07, 6.45) is 5.30. The van der Waals surface area contributed by atoms with Crippen molar-refractivity contribution in [3.05, 3.63) is 117 Å². The van der Waals surface area contributed by atoms with Crippen molar-refractivity contribution in [2.45, 2.75) is 183 Å². The molecule has 0 atom stereocenters. The molecule has 50 heavy (non-hydrogen) atoms. The van der Waals surface area contributed by atoms with Gasteiger partial charge in [0.1, 0.15) is 0 Å². The molecule has 0 N–H and O–H groups in total. The second-order valence-electron chi connectivity index (χ2n) is 21.1. The van der Waals surface area contributed by atoms with Crippen molar-refractivity contribution >= 4 is 10.8 Å². The van der Waals surface area contributed by atoms with E-state index in [9.17, 15) is 0 Å². The molecule has 0 unspecified atom stereocenters. The van der Waals surface area contributed by atoms with E-state index in [0.29, 0.717) is 0 Å². The highest BCUT2D eigenvalue weighted by Crippen LogP contribution is 2.41. The monoisotopic (exact) mass is 675 g/mol. The summed E-state index contributed by atoms with van der Waals surface area (Å²) in [7, 11) is 0. The van der Waals surface area contributed by atoms with E-state index in [1.54, 1.807) is 22.3 Å². The summed E-state index contributed by atoms with van der Waals surface area (Å²) in [5, 5.41) is 2.74. The Morgan fingerprint density at radius 2 is 0.740 bits per heavy atom. The minimum Gasteiger partial charge on any atom is -0.0620 e. The quantitative estimate of drug-likeness (QED) is 0.174. The molecule has 1 aliphatic carbocycles. The van der Waals surface area contributed by atoms with Gasteiger partial charge in [0.2, 0.25) is 0 Å². The first-order chi connectivity index (χ1) is 22.6. The van der Waals surface area contributed by atoms with E-state index < -0.39 is 0 Å². The normalized spacial score (nSPS) is 14.3. The van der Waals surface area contributed by atoms with Crippen molar-refractivity contribution in [1.82, 2.24) is 0 Å². The Hall–Kier alpha value is -2.86. The Balaban J connectivity index is 0.000000205. The predicted molar refractivity (Wildman–Crippen MR) is 226 cm³/mol. The second kappa shape index (κ2) is 15.0. The standard InChI is InChI=1S/C18H28.C18H24.C14H22/c2*1-17(2,3)15-12-11-13-9-7-8-10-14(13)16(15)18(4,5)6;1-13(2,3)11-9-7-8-10-12(11)14(4,5)6/h11-12H,7-10H2,1-6H3;7-12H,1-6H3;7-10H,1-6H3. The summed E-state index contributed by atoms with van der Waals surface area (Å²) < 4.78 is 0. The van der Waals surface area contributed by atoms with E-state index in [-0.39, 0.29) is 32.5 Å². The SMILES string of the molecule is CC(C)(C)c1ccc2c(c1C(C)(C)C)CCCC2.CC(C)(C)c1ccc2ccccc2c1C(C)(C)C.CC(C)(C)c1ccccc1C(C)(C)C. The van der Waals surface area contributed by atoms with Crippen molar-refractivity contribution in [1.29, 1.82) is 0 Å². The fourth-order valence-electron chi connectivity index (χ4n) is 7.81. The second-order valence-corrected chi connectivity index (χ2v) is 21.1. The molecule has 4 aromatic rings. The van der Waals surface area contributed by atoms with Crippen LogP contribution < -0.4 is 0 Å². The molecule has 0 saturated heterocycles. The minimum absolute atomic E-state index is 0.170. The highest BCUT2D eigenvalue weighted by Gasteiger charge is 2.30. The zero-order valence-electron chi connectivity index (χ0n) is 35.8. The molecule has 1 aliphatic rings. The molecule has 0 spiro atoms. The fourth-order valence-corrected chi connectivity index (χ4v) is 7.81. The third kappa shape index (κ3) is 10.4. The molecular formula is C50H74. The van der Waals surface area contributed by atoms with Crippen LogP contribution >= 0.6 is 0 Å². The number of aryl methyl sites for hydroxylation is 1. The average molecular weight is 675 g/mol. The molecule has 4 aromatic carbocycles. The highest BCUT2D eigenvalue weighted by molar-refractivity contribution is 5.88. The molecule has 0 bridgehead atoms. The average Bonchev–Trinajstić information content (AvgIpc) is 2.98. The molecule has 0 heteroatoms. The first kappa shape index (κ1) is 41.6. The Morgan fingerprint density at radius 3 is 1.20 bits per heavy atom. The number of hydrogen-bond donors (Lipinski definition) is 0. The lowest BCUT2D eigenvalue weighted by Gasteiger charge is -2.35. The van der Waals surface area contributed by atoms with Crippen LogP contribution in [-0.4, -0.2) is 0 Å². The van der Waals surface area contributed by atoms with E-state index in [0.717, 1.165) is 0 Å². The highest BCUT2D eigenvalue weighted by atomic mass is 14.3. The molecule has 0 aromatic heterocycles. The van der Waals surface area contributed by atoms with Crippen LogP contribution in [0.3, 0.4) is 0 Å². The van der Waals surface area contributed by atoms with Crippen LogP contribution in [-0.2, 0) is 45.3 Å². The van der Waals surface area contributed by atoms with E-state index >= 15 is 0 Å². The summed E-state index contributed by atoms with van der Waals surface area (Å²) in [5.41, 5.74) is 13.7. The van der Waals surface area contributed by atoms with Crippen LogP contribution in [0.1, 0.15) is 182 Å². The topological polar surface area (TPSA) is 0 Å². The number of fused-ring (bicyclic) bond motifs is 2. The lowest BCUT2D eigenvalue weighted by molar-refractivity contribution is 0.517. The van der Waals surface area contributed by atoms with Gasteiger partial charge in [-0.2, -0.15) is 0 Å². The Bertz CT molecular complexity index is 1680. The first-order valence-corrected chi connectivity index (χ1v) is 19.4. The largest absolute Gasteiger partial charge is 0.0620 e.